The van der Waals surface area contributed by atoms with Crippen molar-refractivity contribution in [3.8, 4) is 5.75 Å². The summed E-state index contributed by atoms with van der Waals surface area (Å²) in [6.07, 6.45) is -0.0369. The van der Waals surface area contributed by atoms with Crippen molar-refractivity contribution in [3.05, 3.63) is 59.7 Å². The fourth-order valence-corrected chi connectivity index (χ4v) is 1.86. The molecule has 0 unspecified atom stereocenters. The number of aryl methyl sites for hydroxylation is 1. The number of benzene rings is 2. The molecule has 2 N–H and O–H groups in total. The smallest absolute Gasteiger partial charge is 0.307 e. The number of anilines is 1. The molecule has 5 nitrogen and oxygen atoms in total. The summed E-state index contributed by atoms with van der Waals surface area (Å²) < 4.78 is 5.38. The molecular formula is C17H17NO4. The molecule has 114 valence electrons. The van der Waals surface area contributed by atoms with Gasteiger partial charge in [-0.2, -0.15) is 0 Å². The van der Waals surface area contributed by atoms with E-state index in [9.17, 15) is 9.59 Å². The lowest BCUT2D eigenvalue weighted by atomic mass is 10.1. The third-order valence-electron chi connectivity index (χ3n) is 2.98. The molecule has 1 amide bonds. The molecule has 2 aromatic carbocycles. The molecule has 0 saturated heterocycles. The van der Waals surface area contributed by atoms with Gasteiger partial charge >= 0.3 is 5.97 Å². The quantitative estimate of drug-likeness (QED) is 0.859. The van der Waals surface area contributed by atoms with E-state index >= 15 is 0 Å². The van der Waals surface area contributed by atoms with E-state index in [1.807, 2.05) is 31.2 Å². The minimum atomic E-state index is -0.886. The Morgan fingerprint density at radius 1 is 1.05 bits per heavy atom. The lowest BCUT2D eigenvalue weighted by molar-refractivity contribution is -0.136. The lowest BCUT2D eigenvalue weighted by Crippen LogP contribution is -2.20. The molecule has 0 fully saturated rings. The van der Waals surface area contributed by atoms with Gasteiger partial charge in [0, 0.05) is 5.69 Å². The largest absolute Gasteiger partial charge is 0.484 e. The van der Waals surface area contributed by atoms with Crippen LogP contribution in [-0.2, 0) is 16.0 Å². The maximum Gasteiger partial charge on any atom is 0.307 e. The molecule has 2 aromatic rings. The zero-order valence-corrected chi connectivity index (χ0v) is 12.2. The highest BCUT2D eigenvalue weighted by Gasteiger charge is 2.05. The van der Waals surface area contributed by atoms with E-state index in [0.29, 0.717) is 17.0 Å². The number of hydrogen-bond donors (Lipinski definition) is 2. The van der Waals surface area contributed by atoms with Gasteiger partial charge in [0.1, 0.15) is 5.75 Å². The van der Waals surface area contributed by atoms with Crippen LogP contribution in [0.15, 0.2) is 48.5 Å². The van der Waals surface area contributed by atoms with E-state index < -0.39 is 5.97 Å². The Balaban J connectivity index is 1.83. The predicted molar refractivity (Wildman–Crippen MR) is 83.1 cm³/mol. The van der Waals surface area contributed by atoms with Crippen molar-refractivity contribution in [2.75, 3.05) is 11.9 Å². The zero-order chi connectivity index (χ0) is 15.9. The Bertz CT molecular complexity index is 647. The minimum absolute atomic E-state index is 0.0369. The monoisotopic (exact) mass is 299 g/mol. The topological polar surface area (TPSA) is 75.6 Å². The van der Waals surface area contributed by atoms with Crippen LogP contribution in [0.5, 0.6) is 5.75 Å². The van der Waals surface area contributed by atoms with Crippen LogP contribution >= 0.6 is 0 Å². The average Bonchev–Trinajstić information content (AvgIpc) is 2.48. The van der Waals surface area contributed by atoms with E-state index in [2.05, 4.69) is 5.32 Å². The molecule has 0 aliphatic carbocycles. The van der Waals surface area contributed by atoms with Gasteiger partial charge in [-0.05, 0) is 36.8 Å². The first-order chi connectivity index (χ1) is 10.5. The van der Waals surface area contributed by atoms with Gasteiger partial charge in [0.2, 0.25) is 0 Å². The molecule has 0 saturated carbocycles. The maximum absolute atomic E-state index is 11.8. The molecule has 0 aliphatic heterocycles. The summed E-state index contributed by atoms with van der Waals surface area (Å²) in [5.74, 6) is -0.521. The van der Waals surface area contributed by atoms with Crippen LogP contribution in [0, 0.1) is 6.92 Å². The maximum atomic E-state index is 11.8. The lowest BCUT2D eigenvalue weighted by Gasteiger charge is -2.08. The first-order valence-electron chi connectivity index (χ1n) is 6.83. The van der Waals surface area contributed by atoms with Crippen LogP contribution in [0.4, 0.5) is 5.69 Å². The SMILES string of the molecule is Cc1ccc(OCC(=O)Nc2ccc(CC(=O)O)cc2)cc1. The summed E-state index contributed by atoms with van der Waals surface area (Å²) in [7, 11) is 0. The molecule has 0 aliphatic rings. The second-order valence-corrected chi connectivity index (χ2v) is 4.92. The summed E-state index contributed by atoms with van der Waals surface area (Å²) in [5, 5.41) is 11.4. The molecule has 0 aromatic heterocycles. The molecule has 0 heterocycles. The van der Waals surface area contributed by atoms with Gasteiger partial charge in [0.15, 0.2) is 6.61 Å². The normalized spacial score (nSPS) is 10.0. The van der Waals surface area contributed by atoms with E-state index in [4.69, 9.17) is 9.84 Å². The van der Waals surface area contributed by atoms with Gasteiger partial charge < -0.3 is 15.2 Å². The first kappa shape index (κ1) is 15.6. The molecule has 0 atom stereocenters. The Kier molecular flexibility index (Phi) is 5.14. The van der Waals surface area contributed by atoms with E-state index in [0.717, 1.165) is 5.56 Å². The van der Waals surface area contributed by atoms with Crippen molar-refractivity contribution >= 4 is 17.6 Å². The summed E-state index contributed by atoms with van der Waals surface area (Å²) in [6, 6.07) is 14.1. The molecular weight excluding hydrogens is 282 g/mol. The number of carbonyl (C=O) groups is 2. The van der Waals surface area contributed by atoms with Crippen LogP contribution in [0.2, 0.25) is 0 Å². The highest BCUT2D eigenvalue weighted by Crippen LogP contribution is 2.12. The predicted octanol–water partition coefficient (Wildman–Crippen LogP) is 2.64. The standard InChI is InChI=1S/C17H17NO4/c1-12-2-8-15(9-3-12)22-11-16(19)18-14-6-4-13(5-7-14)10-17(20)21/h2-9H,10-11H2,1H3,(H,18,19)(H,20,21). The Morgan fingerprint density at radius 2 is 1.68 bits per heavy atom. The van der Waals surface area contributed by atoms with Crippen molar-refractivity contribution in [2.45, 2.75) is 13.3 Å². The highest BCUT2D eigenvalue weighted by molar-refractivity contribution is 5.91. The fraction of sp³-hybridized carbons (Fsp3) is 0.176. The Morgan fingerprint density at radius 3 is 2.27 bits per heavy atom. The number of hydrogen-bond acceptors (Lipinski definition) is 3. The molecule has 0 spiro atoms. The third-order valence-corrected chi connectivity index (χ3v) is 2.98. The number of aliphatic carboxylic acids is 1. The van der Waals surface area contributed by atoms with Gasteiger partial charge in [-0.15, -0.1) is 0 Å². The number of amides is 1. The van der Waals surface area contributed by atoms with Crippen LogP contribution in [-0.4, -0.2) is 23.6 Å². The van der Waals surface area contributed by atoms with Crippen molar-refractivity contribution in [1.29, 1.82) is 0 Å². The van der Waals surface area contributed by atoms with E-state index in [1.165, 1.54) is 0 Å². The number of carbonyl (C=O) groups excluding carboxylic acids is 1. The molecule has 2 rings (SSSR count). The molecule has 0 bridgehead atoms. The zero-order valence-electron chi connectivity index (χ0n) is 12.2. The average molecular weight is 299 g/mol. The van der Waals surface area contributed by atoms with Crippen molar-refractivity contribution in [1.82, 2.24) is 0 Å². The van der Waals surface area contributed by atoms with Crippen molar-refractivity contribution in [2.24, 2.45) is 0 Å². The van der Waals surface area contributed by atoms with E-state index in [-0.39, 0.29) is 18.9 Å². The van der Waals surface area contributed by atoms with Gasteiger partial charge in [-0.1, -0.05) is 29.8 Å². The first-order valence-corrected chi connectivity index (χ1v) is 6.83. The number of rotatable bonds is 6. The van der Waals surface area contributed by atoms with Gasteiger partial charge in [0.05, 0.1) is 6.42 Å². The van der Waals surface area contributed by atoms with E-state index in [1.54, 1.807) is 24.3 Å². The summed E-state index contributed by atoms with van der Waals surface area (Å²) in [4.78, 5) is 22.4. The number of carboxylic acids is 1. The van der Waals surface area contributed by atoms with Gasteiger partial charge in [-0.25, -0.2) is 0 Å². The number of carboxylic acid groups (broad SMARTS) is 1. The Labute approximate surface area is 128 Å². The summed E-state index contributed by atoms with van der Waals surface area (Å²) in [5.41, 5.74) is 2.41. The number of ether oxygens (including phenoxy) is 1. The number of nitrogens with one attached hydrogen (secondary N) is 1. The molecule has 22 heavy (non-hydrogen) atoms. The fourth-order valence-electron chi connectivity index (χ4n) is 1.86. The van der Waals surface area contributed by atoms with Crippen LogP contribution < -0.4 is 10.1 Å². The third kappa shape index (κ3) is 4.94. The van der Waals surface area contributed by atoms with Crippen molar-refractivity contribution in [3.63, 3.8) is 0 Å². The molecule has 5 heteroatoms. The van der Waals surface area contributed by atoms with Crippen LogP contribution in [0.25, 0.3) is 0 Å². The second kappa shape index (κ2) is 7.26. The van der Waals surface area contributed by atoms with Crippen molar-refractivity contribution < 1.29 is 19.4 Å². The Hall–Kier alpha value is -2.82. The highest BCUT2D eigenvalue weighted by atomic mass is 16.5. The van der Waals surface area contributed by atoms with Crippen LogP contribution in [0.1, 0.15) is 11.1 Å². The van der Waals surface area contributed by atoms with Gasteiger partial charge in [-0.3, -0.25) is 9.59 Å². The van der Waals surface area contributed by atoms with Crippen LogP contribution in [0.3, 0.4) is 0 Å². The summed E-state index contributed by atoms with van der Waals surface area (Å²) in [6.45, 7) is 1.89. The minimum Gasteiger partial charge on any atom is -0.484 e. The second-order valence-electron chi connectivity index (χ2n) is 4.92. The molecule has 0 radical (unpaired) electrons. The summed E-state index contributed by atoms with van der Waals surface area (Å²) >= 11 is 0. The van der Waals surface area contributed by atoms with Gasteiger partial charge in [0.25, 0.3) is 5.91 Å².